The minimum atomic E-state index is -2.72. The zero-order chi connectivity index (χ0) is 20.8. The number of fused-ring (bicyclic) bond motifs is 1. The van der Waals surface area contributed by atoms with Crippen LogP contribution in [0.5, 0.6) is 0 Å². The lowest BCUT2D eigenvalue weighted by atomic mass is 10.2. The van der Waals surface area contributed by atoms with Gasteiger partial charge < -0.3 is 14.2 Å². The molecule has 8 nitrogen and oxygen atoms in total. The molecule has 4 heterocycles. The van der Waals surface area contributed by atoms with Gasteiger partial charge in [-0.2, -0.15) is 5.10 Å². The first-order chi connectivity index (χ1) is 14.5. The van der Waals surface area contributed by atoms with E-state index in [1.54, 1.807) is 21.9 Å². The Morgan fingerprint density at radius 1 is 1.07 bits per heavy atom. The molecule has 3 aromatic heterocycles. The number of rotatable bonds is 4. The summed E-state index contributed by atoms with van der Waals surface area (Å²) in [5, 5.41) is 4.11. The van der Waals surface area contributed by atoms with E-state index in [1.807, 2.05) is 0 Å². The third-order valence-corrected chi connectivity index (χ3v) is 5.50. The molecule has 0 atom stereocenters. The molecule has 0 radical (unpaired) electrons. The van der Waals surface area contributed by atoms with Crippen molar-refractivity contribution in [3.05, 3.63) is 53.4 Å². The van der Waals surface area contributed by atoms with E-state index in [4.69, 9.17) is 4.42 Å². The van der Waals surface area contributed by atoms with Crippen LogP contribution in [-0.2, 0) is 0 Å². The molecule has 2 aliphatic rings. The van der Waals surface area contributed by atoms with Crippen LogP contribution < -0.4 is 0 Å². The first kappa shape index (κ1) is 18.7. The molecule has 2 amide bonds. The van der Waals surface area contributed by atoms with Crippen LogP contribution in [0.3, 0.4) is 0 Å². The Labute approximate surface area is 170 Å². The first-order valence-corrected chi connectivity index (χ1v) is 9.82. The van der Waals surface area contributed by atoms with Crippen LogP contribution in [0.15, 0.2) is 34.9 Å². The normalized spacial score (nSPS) is 17.2. The van der Waals surface area contributed by atoms with E-state index in [-0.39, 0.29) is 40.5 Å². The summed E-state index contributed by atoms with van der Waals surface area (Å²) in [6.07, 6.45) is 0.596. The highest BCUT2D eigenvalue weighted by atomic mass is 19.3. The summed E-state index contributed by atoms with van der Waals surface area (Å²) in [6.45, 7) is 1.35. The molecule has 156 valence electrons. The van der Waals surface area contributed by atoms with Crippen LogP contribution in [0.1, 0.15) is 57.6 Å². The van der Waals surface area contributed by atoms with E-state index in [2.05, 4.69) is 10.1 Å². The van der Waals surface area contributed by atoms with E-state index >= 15 is 0 Å². The number of carbonyl (C=O) groups excluding carboxylic acids is 2. The van der Waals surface area contributed by atoms with Gasteiger partial charge in [-0.3, -0.25) is 9.59 Å². The quantitative estimate of drug-likeness (QED) is 0.654. The monoisotopic (exact) mass is 415 g/mol. The van der Waals surface area contributed by atoms with Crippen molar-refractivity contribution >= 4 is 17.5 Å². The maximum Gasteiger partial charge on any atom is 0.289 e. The Bertz CT molecular complexity index is 1100. The summed E-state index contributed by atoms with van der Waals surface area (Å²) in [4.78, 5) is 32.9. The highest BCUT2D eigenvalue weighted by molar-refractivity contribution is 5.94. The number of hydrogen-bond acceptors (Lipinski definition) is 5. The van der Waals surface area contributed by atoms with Crippen LogP contribution in [0.25, 0.3) is 5.65 Å². The summed E-state index contributed by atoms with van der Waals surface area (Å²) in [7, 11) is 0. The molecule has 3 aromatic rings. The van der Waals surface area contributed by atoms with E-state index in [0.29, 0.717) is 31.9 Å². The van der Waals surface area contributed by atoms with Gasteiger partial charge in [-0.05, 0) is 31.0 Å². The van der Waals surface area contributed by atoms with Gasteiger partial charge in [0.2, 0.25) is 0 Å². The lowest BCUT2D eigenvalue weighted by Crippen LogP contribution is -2.50. The number of piperazine rings is 1. The molecule has 1 aliphatic heterocycles. The second-order valence-corrected chi connectivity index (χ2v) is 7.54. The molecular formula is C20H19F2N5O3. The van der Waals surface area contributed by atoms with Gasteiger partial charge in [-0.25, -0.2) is 18.3 Å². The molecule has 1 aliphatic carbocycles. The van der Waals surface area contributed by atoms with Crippen molar-refractivity contribution in [1.29, 1.82) is 0 Å². The predicted molar refractivity (Wildman–Crippen MR) is 100 cm³/mol. The van der Waals surface area contributed by atoms with Gasteiger partial charge in [0.15, 0.2) is 17.1 Å². The summed E-state index contributed by atoms with van der Waals surface area (Å²) in [6, 6.07) is 6.09. The molecule has 1 saturated heterocycles. The number of furan rings is 1. The molecule has 0 N–H and O–H groups in total. The maximum atomic E-state index is 13.5. The summed E-state index contributed by atoms with van der Waals surface area (Å²) < 4.78 is 33.3. The van der Waals surface area contributed by atoms with Gasteiger partial charge in [0, 0.05) is 43.9 Å². The second-order valence-electron chi connectivity index (χ2n) is 7.54. The van der Waals surface area contributed by atoms with E-state index in [1.165, 1.54) is 18.4 Å². The standard InChI is InChI=1S/C20H19F2N5O3/c21-18(22)15-10-13(12-3-4-12)23-17-11-14(24-27(15)17)19(28)25-5-7-26(8-6-25)20(29)16-2-1-9-30-16/h1-2,9-12,18H,3-8H2. The largest absolute Gasteiger partial charge is 0.459 e. The van der Waals surface area contributed by atoms with Crippen LogP contribution >= 0.6 is 0 Å². The number of alkyl halides is 2. The molecule has 0 spiro atoms. The SMILES string of the molecule is O=C(c1cc2nc(C3CC3)cc(C(F)F)n2n1)N1CCN(C(=O)c2ccco2)CC1. The lowest BCUT2D eigenvalue weighted by Gasteiger charge is -2.33. The molecule has 1 saturated carbocycles. The fourth-order valence-electron chi connectivity index (χ4n) is 3.70. The van der Waals surface area contributed by atoms with Gasteiger partial charge in [-0.1, -0.05) is 0 Å². The van der Waals surface area contributed by atoms with Crippen LogP contribution in [0.2, 0.25) is 0 Å². The van der Waals surface area contributed by atoms with Gasteiger partial charge in [0.1, 0.15) is 5.69 Å². The number of halogens is 2. The van der Waals surface area contributed by atoms with Crippen molar-refractivity contribution in [3.63, 3.8) is 0 Å². The van der Waals surface area contributed by atoms with Gasteiger partial charge >= 0.3 is 0 Å². The van der Waals surface area contributed by atoms with E-state index in [9.17, 15) is 18.4 Å². The highest BCUT2D eigenvalue weighted by Gasteiger charge is 2.30. The number of aromatic nitrogens is 3. The maximum absolute atomic E-state index is 13.5. The van der Waals surface area contributed by atoms with Gasteiger partial charge in [-0.15, -0.1) is 0 Å². The summed E-state index contributed by atoms with van der Waals surface area (Å²) in [5.41, 5.74) is 0.699. The zero-order valence-corrected chi connectivity index (χ0v) is 16.0. The van der Waals surface area contributed by atoms with Crippen molar-refractivity contribution in [1.82, 2.24) is 24.4 Å². The third-order valence-electron chi connectivity index (χ3n) is 5.50. The van der Waals surface area contributed by atoms with Crippen molar-refractivity contribution in [2.24, 2.45) is 0 Å². The number of carbonyl (C=O) groups is 2. The minimum Gasteiger partial charge on any atom is -0.459 e. The molecule has 30 heavy (non-hydrogen) atoms. The third kappa shape index (κ3) is 3.31. The molecule has 0 bridgehead atoms. The lowest BCUT2D eigenvalue weighted by molar-refractivity contribution is 0.0515. The Morgan fingerprint density at radius 3 is 2.37 bits per heavy atom. The minimum absolute atomic E-state index is 0.0724. The summed E-state index contributed by atoms with van der Waals surface area (Å²) >= 11 is 0. The van der Waals surface area contributed by atoms with Crippen molar-refractivity contribution in [2.75, 3.05) is 26.2 Å². The Hall–Kier alpha value is -3.30. The highest BCUT2D eigenvalue weighted by Crippen LogP contribution is 2.40. The predicted octanol–water partition coefficient (Wildman–Crippen LogP) is 2.74. The molecule has 2 fully saturated rings. The van der Waals surface area contributed by atoms with Crippen molar-refractivity contribution in [3.8, 4) is 0 Å². The molecular weight excluding hydrogens is 396 g/mol. The van der Waals surface area contributed by atoms with Crippen LogP contribution in [0, 0.1) is 0 Å². The Balaban J connectivity index is 1.34. The fraction of sp³-hybridized carbons (Fsp3) is 0.400. The number of nitrogens with zero attached hydrogens (tertiary/aromatic N) is 5. The summed E-state index contributed by atoms with van der Waals surface area (Å²) in [5.74, 6) is -0.120. The van der Waals surface area contributed by atoms with E-state index < -0.39 is 6.43 Å². The molecule has 0 unspecified atom stereocenters. The van der Waals surface area contributed by atoms with E-state index in [0.717, 1.165) is 17.4 Å². The first-order valence-electron chi connectivity index (χ1n) is 9.82. The zero-order valence-electron chi connectivity index (χ0n) is 16.0. The average molecular weight is 415 g/mol. The smallest absolute Gasteiger partial charge is 0.289 e. The van der Waals surface area contributed by atoms with Crippen molar-refractivity contribution < 1.29 is 22.8 Å². The van der Waals surface area contributed by atoms with Crippen LogP contribution in [0.4, 0.5) is 8.78 Å². The molecule has 0 aromatic carbocycles. The van der Waals surface area contributed by atoms with Gasteiger partial charge in [0.05, 0.1) is 6.26 Å². The van der Waals surface area contributed by atoms with Crippen molar-refractivity contribution in [2.45, 2.75) is 25.2 Å². The molecule has 5 rings (SSSR count). The van der Waals surface area contributed by atoms with Crippen LogP contribution in [-0.4, -0.2) is 62.4 Å². The average Bonchev–Trinajstić information content (AvgIpc) is 3.29. The molecule has 10 heteroatoms. The number of hydrogen-bond donors (Lipinski definition) is 0. The Morgan fingerprint density at radius 2 is 1.77 bits per heavy atom. The second kappa shape index (κ2) is 7.19. The Kier molecular flexibility index (Phi) is 4.48. The topological polar surface area (TPSA) is 84.0 Å². The fourth-order valence-corrected chi connectivity index (χ4v) is 3.70. The van der Waals surface area contributed by atoms with Gasteiger partial charge in [0.25, 0.3) is 18.2 Å². The number of amides is 2.